The van der Waals surface area contributed by atoms with Crippen LogP contribution < -0.4 is 10.1 Å². The van der Waals surface area contributed by atoms with E-state index in [0.717, 1.165) is 6.42 Å². The fourth-order valence-electron chi connectivity index (χ4n) is 1.62. The second kappa shape index (κ2) is 9.23. The number of nitro groups is 1. The molecule has 0 heterocycles. The topological polar surface area (TPSA) is 128 Å². The molecule has 0 aliphatic rings. The van der Waals surface area contributed by atoms with Crippen LogP contribution in [0.25, 0.3) is 0 Å². The third kappa shape index (κ3) is 6.64. The number of carbonyl (C=O) groups is 2. The summed E-state index contributed by atoms with van der Waals surface area (Å²) in [6.45, 7) is 2.11. The van der Waals surface area contributed by atoms with Crippen LogP contribution in [0.4, 0.5) is 10.5 Å². The Bertz CT molecular complexity index is 562. The minimum absolute atomic E-state index is 0.141. The minimum Gasteiger partial charge on any atom is -0.481 e. The Labute approximate surface area is 132 Å². The number of carbonyl (C=O) groups excluding carboxylic acids is 1. The van der Waals surface area contributed by atoms with Crippen LogP contribution in [0.5, 0.6) is 5.75 Å². The van der Waals surface area contributed by atoms with E-state index in [2.05, 4.69) is 5.32 Å². The second-order valence-electron chi connectivity index (χ2n) is 4.56. The molecular weight excluding hydrogens is 308 g/mol. The zero-order chi connectivity index (χ0) is 17.2. The number of alkyl carbamates (subject to hydrolysis) is 1. The number of rotatable bonds is 9. The standard InChI is InChI=1S/C14H18N2O7/c1-2-3-8-22-14(19)15-12(9-13(17)18)23-11-7-5-4-6-10(11)16(20)21/h4-7,12H,2-3,8-9H2,1H3,(H,15,19)(H,17,18). The molecule has 0 aromatic heterocycles. The number of hydrogen-bond acceptors (Lipinski definition) is 6. The number of ether oxygens (including phenoxy) is 2. The molecule has 0 aliphatic heterocycles. The van der Waals surface area contributed by atoms with Gasteiger partial charge in [0, 0.05) is 6.07 Å². The van der Waals surface area contributed by atoms with Crippen molar-refractivity contribution in [3.63, 3.8) is 0 Å². The number of hydrogen-bond donors (Lipinski definition) is 2. The van der Waals surface area contributed by atoms with Crippen molar-refractivity contribution in [2.45, 2.75) is 32.4 Å². The van der Waals surface area contributed by atoms with E-state index in [1.807, 2.05) is 6.92 Å². The molecule has 2 N–H and O–H groups in total. The van der Waals surface area contributed by atoms with Gasteiger partial charge in [-0.3, -0.25) is 20.2 Å². The quantitative estimate of drug-likeness (QED) is 0.308. The summed E-state index contributed by atoms with van der Waals surface area (Å²) in [4.78, 5) is 32.7. The summed E-state index contributed by atoms with van der Waals surface area (Å²) < 4.78 is 10.1. The van der Waals surface area contributed by atoms with Crippen LogP contribution in [0.15, 0.2) is 24.3 Å². The van der Waals surface area contributed by atoms with Crippen molar-refractivity contribution in [1.82, 2.24) is 5.32 Å². The van der Waals surface area contributed by atoms with Crippen LogP contribution in [-0.4, -0.2) is 34.9 Å². The van der Waals surface area contributed by atoms with E-state index in [1.165, 1.54) is 24.3 Å². The molecule has 0 spiro atoms. The van der Waals surface area contributed by atoms with Gasteiger partial charge in [-0.2, -0.15) is 0 Å². The van der Waals surface area contributed by atoms with Gasteiger partial charge in [-0.15, -0.1) is 0 Å². The Morgan fingerprint density at radius 2 is 2.09 bits per heavy atom. The molecule has 1 unspecified atom stereocenters. The average Bonchev–Trinajstić information content (AvgIpc) is 2.47. The van der Waals surface area contributed by atoms with E-state index < -0.39 is 29.6 Å². The van der Waals surface area contributed by atoms with Crippen molar-refractivity contribution in [3.05, 3.63) is 34.4 Å². The lowest BCUT2D eigenvalue weighted by Gasteiger charge is -2.18. The lowest BCUT2D eigenvalue weighted by molar-refractivity contribution is -0.386. The maximum absolute atomic E-state index is 11.6. The molecule has 0 fully saturated rings. The Hall–Kier alpha value is -2.84. The summed E-state index contributed by atoms with van der Waals surface area (Å²) in [5.41, 5.74) is -0.330. The third-order valence-electron chi connectivity index (χ3n) is 2.70. The number of carboxylic acid groups (broad SMARTS) is 1. The largest absolute Gasteiger partial charge is 0.481 e. The molecule has 1 amide bonds. The number of benzene rings is 1. The van der Waals surface area contributed by atoms with Gasteiger partial charge < -0.3 is 14.6 Å². The van der Waals surface area contributed by atoms with E-state index in [1.54, 1.807) is 0 Å². The van der Waals surface area contributed by atoms with E-state index in [0.29, 0.717) is 6.42 Å². The lowest BCUT2D eigenvalue weighted by Crippen LogP contribution is -2.41. The van der Waals surface area contributed by atoms with Gasteiger partial charge in [-0.25, -0.2) is 4.79 Å². The fourth-order valence-corrected chi connectivity index (χ4v) is 1.62. The van der Waals surface area contributed by atoms with Crippen molar-refractivity contribution in [2.24, 2.45) is 0 Å². The summed E-state index contributed by atoms with van der Waals surface area (Å²) in [5, 5.41) is 22.0. The first-order valence-electron chi connectivity index (χ1n) is 6.99. The number of nitro benzene ring substituents is 1. The van der Waals surface area contributed by atoms with Crippen molar-refractivity contribution >= 4 is 17.7 Å². The minimum atomic E-state index is -1.29. The van der Waals surface area contributed by atoms with E-state index in [-0.39, 0.29) is 18.0 Å². The molecule has 9 nitrogen and oxygen atoms in total. The highest BCUT2D eigenvalue weighted by Gasteiger charge is 2.22. The van der Waals surface area contributed by atoms with Gasteiger partial charge in [0.2, 0.25) is 0 Å². The molecule has 1 rings (SSSR count). The monoisotopic (exact) mass is 326 g/mol. The Morgan fingerprint density at radius 1 is 1.39 bits per heavy atom. The molecule has 1 aromatic rings. The van der Waals surface area contributed by atoms with E-state index in [9.17, 15) is 19.7 Å². The van der Waals surface area contributed by atoms with Crippen molar-refractivity contribution in [3.8, 4) is 5.75 Å². The predicted molar refractivity (Wildman–Crippen MR) is 79.2 cm³/mol. The van der Waals surface area contributed by atoms with Gasteiger partial charge in [-0.05, 0) is 12.5 Å². The molecule has 23 heavy (non-hydrogen) atoms. The molecule has 1 aromatic carbocycles. The summed E-state index contributed by atoms with van der Waals surface area (Å²) in [6, 6.07) is 5.48. The molecule has 126 valence electrons. The number of nitrogens with zero attached hydrogens (tertiary/aromatic N) is 1. The number of para-hydroxylation sites is 2. The molecule has 9 heteroatoms. The van der Waals surface area contributed by atoms with E-state index in [4.69, 9.17) is 14.6 Å². The summed E-state index contributed by atoms with van der Waals surface area (Å²) >= 11 is 0. The Balaban J connectivity index is 2.77. The number of nitrogens with one attached hydrogen (secondary N) is 1. The highest BCUT2D eigenvalue weighted by atomic mass is 16.6. The zero-order valence-corrected chi connectivity index (χ0v) is 12.6. The van der Waals surface area contributed by atoms with Crippen LogP contribution in [0.3, 0.4) is 0 Å². The smallest absolute Gasteiger partial charge is 0.409 e. The average molecular weight is 326 g/mol. The van der Waals surface area contributed by atoms with Crippen LogP contribution in [-0.2, 0) is 9.53 Å². The van der Waals surface area contributed by atoms with Crippen LogP contribution in [0, 0.1) is 10.1 Å². The summed E-state index contributed by atoms with van der Waals surface area (Å²) in [7, 11) is 0. The first-order chi connectivity index (χ1) is 10.9. The number of aliphatic carboxylic acids is 1. The van der Waals surface area contributed by atoms with Gasteiger partial charge in [-0.1, -0.05) is 25.5 Å². The molecular formula is C14H18N2O7. The maximum atomic E-state index is 11.6. The van der Waals surface area contributed by atoms with Crippen molar-refractivity contribution < 1.29 is 29.1 Å². The molecule has 0 bridgehead atoms. The first kappa shape index (κ1) is 18.2. The van der Waals surface area contributed by atoms with Gasteiger partial charge in [0.05, 0.1) is 11.5 Å². The Morgan fingerprint density at radius 3 is 2.70 bits per heavy atom. The van der Waals surface area contributed by atoms with E-state index >= 15 is 0 Å². The molecule has 1 atom stereocenters. The molecule has 0 saturated heterocycles. The highest BCUT2D eigenvalue weighted by Crippen LogP contribution is 2.26. The third-order valence-corrected chi connectivity index (χ3v) is 2.70. The lowest BCUT2D eigenvalue weighted by atomic mass is 10.3. The van der Waals surface area contributed by atoms with Gasteiger partial charge >= 0.3 is 17.7 Å². The maximum Gasteiger partial charge on any atom is 0.409 e. The Kier molecular flexibility index (Phi) is 7.31. The highest BCUT2D eigenvalue weighted by molar-refractivity contribution is 5.71. The summed E-state index contributed by atoms with van der Waals surface area (Å²) in [6.07, 6.45) is -1.21. The van der Waals surface area contributed by atoms with Crippen LogP contribution in [0.1, 0.15) is 26.2 Å². The predicted octanol–water partition coefficient (Wildman–Crippen LogP) is 2.30. The van der Waals surface area contributed by atoms with Crippen LogP contribution >= 0.6 is 0 Å². The van der Waals surface area contributed by atoms with Gasteiger partial charge in [0.1, 0.15) is 6.42 Å². The van der Waals surface area contributed by atoms with Crippen molar-refractivity contribution in [1.29, 1.82) is 0 Å². The number of carboxylic acids is 1. The summed E-state index contributed by atoms with van der Waals surface area (Å²) in [5.74, 6) is -1.37. The van der Waals surface area contributed by atoms with Crippen molar-refractivity contribution in [2.75, 3.05) is 6.61 Å². The first-order valence-corrected chi connectivity index (χ1v) is 6.99. The normalized spacial score (nSPS) is 11.3. The molecule has 0 radical (unpaired) electrons. The number of unbranched alkanes of at least 4 members (excludes halogenated alkanes) is 1. The van der Waals surface area contributed by atoms with Gasteiger partial charge in [0.25, 0.3) is 0 Å². The second-order valence-corrected chi connectivity index (χ2v) is 4.56. The molecule has 0 saturated carbocycles. The van der Waals surface area contributed by atoms with Gasteiger partial charge in [0.15, 0.2) is 12.0 Å². The number of amides is 1. The fraction of sp³-hybridized carbons (Fsp3) is 0.429. The molecule has 0 aliphatic carbocycles. The zero-order valence-electron chi connectivity index (χ0n) is 12.6. The SMILES string of the molecule is CCCCOC(=O)NC(CC(=O)O)Oc1ccccc1[N+](=O)[O-]. The van der Waals surface area contributed by atoms with Crippen LogP contribution in [0.2, 0.25) is 0 Å².